The van der Waals surface area contributed by atoms with Gasteiger partial charge in [0.05, 0.1) is 10.7 Å². The Morgan fingerprint density at radius 3 is 2.79 bits per heavy atom. The maximum atomic E-state index is 4.43. The molecule has 0 spiro atoms. The van der Waals surface area contributed by atoms with Crippen LogP contribution in [0.2, 0.25) is 0 Å². The average Bonchev–Trinajstić information content (AvgIpc) is 2.50. The van der Waals surface area contributed by atoms with Gasteiger partial charge in [-0.1, -0.05) is 19.4 Å². The summed E-state index contributed by atoms with van der Waals surface area (Å²) in [7, 11) is 1.97. The average molecular weight is 210 g/mol. The van der Waals surface area contributed by atoms with E-state index in [1.54, 1.807) is 11.3 Å². The summed E-state index contributed by atoms with van der Waals surface area (Å²) in [5.74, 6) is 0.574. The molecule has 0 saturated heterocycles. The lowest BCUT2D eigenvalue weighted by atomic mass is 10.0. The Hall–Kier alpha value is -0.670. The monoisotopic (exact) mass is 210 g/mol. The quantitative estimate of drug-likeness (QED) is 0.826. The van der Waals surface area contributed by atoms with Crippen LogP contribution in [-0.4, -0.2) is 18.6 Å². The van der Waals surface area contributed by atoms with E-state index in [1.165, 1.54) is 5.57 Å². The van der Waals surface area contributed by atoms with Crippen LogP contribution in [0.4, 0.5) is 0 Å². The molecule has 0 radical (unpaired) electrons. The summed E-state index contributed by atoms with van der Waals surface area (Å²) in [5.41, 5.74) is 2.49. The van der Waals surface area contributed by atoms with Crippen LogP contribution in [-0.2, 0) is 0 Å². The molecule has 0 unspecified atom stereocenters. The Balaban J connectivity index is 2.81. The van der Waals surface area contributed by atoms with Gasteiger partial charge in [0, 0.05) is 11.9 Å². The van der Waals surface area contributed by atoms with E-state index < -0.39 is 0 Å². The number of hydrogen-bond donors (Lipinski definition) is 1. The van der Waals surface area contributed by atoms with Gasteiger partial charge in [0.2, 0.25) is 0 Å². The molecular weight excluding hydrogens is 192 g/mol. The van der Waals surface area contributed by atoms with Gasteiger partial charge >= 0.3 is 0 Å². The highest BCUT2D eigenvalue weighted by molar-refractivity contribution is 7.09. The molecule has 0 fully saturated rings. The van der Waals surface area contributed by atoms with Gasteiger partial charge in [-0.15, -0.1) is 11.3 Å². The fraction of sp³-hybridized carbons (Fsp3) is 0.545. The Bertz CT molecular complexity index is 313. The lowest BCUT2D eigenvalue weighted by molar-refractivity contribution is 0.712. The molecule has 1 N–H and O–H groups in total. The molecule has 0 bridgehead atoms. The molecule has 2 nitrogen and oxygen atoms in total. The third kappa shape index (κ3) is 3.24. The zero-order chi connectivity index (χ0) is 10.6. The largest absolute Gasteiger partial charge is 0.316 e. The SMILES string of the molecule is CNCC(=Cc1csc(C)n1)C(C)C. The van der Waals surface area contributed by atoms with Crippen LogP contribution >= 0.6 is 11.3 Å². The lowest BCUT2D eigenvalue weighted by Crippen LogP contribution is -2.13. The van der Waals surface area contributed by atoms with Gasteiger partial charge in [-0.2, -0.15) is 0 Å². The Kier molecular flexibility index (Phi) is 4.29. The second-order valence-electron chi connectivity index (χ2n) is 3.70. The van der Waals surface area contributed by atoms with Crippen molar-refractivity contribution in [3.63, 3.8) is 0 Å². The number of aromatic nitrogens is 1. The van der Waals surface area contributed by atoms with Crippen molar-refractivity contribution in [3.05, 3.63) is 21.7 Å². The molecule has 0 atom stereocenters. The van der Waals surface area contributed by atoms with Crippen LogP contribution < -0.4 is 5.32 Å². The third-order valence-electron chi connectivity index (χ3n) is 2.09. The highest BCUT2D eigenvalue weighted by Crippen LogP contribution is 2.15. The minimum atomic E-state index is 0.574. The van der Waals surface area contributed by atoms with E-state index in [0.29, 0.717) is 5.92 Å². The zero-order valence-electron chi connectivity index (χ0n) is 9.29. The fourth-order valence-corrected chi connectivity index (χ4v) is 1.83. The molecule has 0 aliphatic rings. The van der Waals surface area contributed by atoms with Crippen LogP contribution in [0, 0.1) is 12.8 Å². The highest BCUT2D eigenvalue weighted by Gasteiger charge is 2.03. The van der Waals surface area contributed by atoms with Crippen molar-refractivity contribution in [1.29, 1.82) is 0 Å². The van der Waals surface area contributed by atoms with Gasteiger partial charge in [-0.3, -0.25) is 0 Å². The third-order valence-corrected chi connectivity index (χ3v) is 2.88. The summed E-state index contributed by atoms with van der Waals surface area (Å²) in [4.78, 5) is 4.43. The van der Waals surface area contributed by atoms with Gasteiger partial charge in [0.15, 0.2) is 0 Å². The summed E-state index contributed by atoms with van der Waals surface area (Å²) < 4.78 is 0. The van der Waals surface area contributed by atoms with Gasteiger partial charge < -0.3 is 5.32 Å². The van der Waals surface area contributed by atoms with Gasteiger partial charge in [0.1, 0.15) is 0 Å². The molecule has 3 heteroatoms. The lowest BCUT2D eigenvalue weighted by Gasteiger charge is -2.09. The molecule has 1 aromatic heterocycles. The van der Waals surface area contributed by atoms with Crippen molar-refractivity contribution < 1.29 is 0 Å². The normalized spacial score (nSPS) is 12.5. The maximum Gasteiger partial charge on any atom is 0.0901 e. The van der Waals surface area contributed by atoms with Crippen LogP contribution in [0.5, 0.6) is 0 Å². The summed E-state index contributed by atoms with van der Waals surface area (Å²) >= 11 is 1.70. The van der Waals surface area contributed by atoms with E-state index in [2.05, 4.69) is 35.6 Å². The van der Waals surface area contributed by atoms with E-state index >= 15 is 0 Å². The molecule has 0 aliphatic carbocycles. The predicted octanol–water partition coefficient (Wildman–Crippen LogP) is 2.71. The van der Waals surface area contributed by atoms with Gasteiger partial charge in [0.25, 0.3) is 0 Å². The Morgan fingerprint density at radius 1 is 1.64 bits per heavy atom. The number of aryl methyl sites for hydroxylation is 1. The molecule has 0 aliphatic heterocycles. The van der Waals surface area contributed by atoms with Crippen molar-refractivity contribution in [2.24, 2.45) is 5.92 Å². The van der Waals surface area contributed by atoms with Crippen LogP contribution in [0.15, 0.2) is 11.0 Å². The van der Waals surface area contributed by atoms with Crippen molar-refractivity contribution in [2.75, 3.05) is 13.6 Å². The molecule has 0 amide bonds. The summed E-state index contributed by atoms with van der Waals surface area (Å²) in [5, 5.41) is 6.42. The van der Waals surface area contributed by atoms with Gasteiger partial charge in [-0.05, 0) is 26.0 Å². The number of likely N-dealkylation sites (N-methyl/N-ethyl adjacent to an activating group) is 1. The van der Waals surface area contributed by atoms with Gasteiger partial charge in [-0.25, -0.2) is 4.98 Å². The van der Waals surface area contributed by atoms with E-state index in [-0.39, 0.29) is 0 Å². The molecule has 0 saturated carbocycles. The second-order valence-corrected chi connectivity index (χ2v) is 4.76. The second kappa shape index (κ2) is 5.27. The zero-order valence-corrected chi connectivity index (χ0v) is 10.1. The van der Waals surface area contributed by atoms with E-state index in [9.17, 15) is 0 Å². The molecule has 1 rings (SSSR count). The number of nitrogens with zero attached hydrogens (tertiary/aromatic N) is 1. The predicted molar refractivity (Wildman–Crippen MR) is 63.6 cm³/mol. The molecule has 78 valence electrons. The highest BCUT2D eigenvalue weighted by atomic mass is 32.1. The molecule has 0 aromatic carbocycles. The standard InChI is InChI=1S/C11H18N2S/c1-8(2)10(6-12-4)5-11-7-14-9(3)13-11/h5,7-8,12H,6H2,1-4H3. The first kappa shape index (κ1) is 11.4. The van der Waals surface area contributed by atoms with E-state index in [4.69, 9.17) is 0 Å². The maximum absolute atomic E-state index is 4.43. The summed E-state index contributed by atoms with van der Waals surface area (Å²) in [6, 6.07) is 0. The number of nitrogens with one attached hydrogen (secondary N) is 1. The Morgan fingerprint density at radius 2 is 2.36 bits per heavy atom. The first-order valence-electron chi connectivity index (χ1n) is 4.90. The van der Waals surface area contributed by atoms with Crippen molar-refractivity contribution in [2.45, 2.75) is 20.8 Å². The molecular formula is C11H18N2S. The minimum Gasteiger partial charge on any atom is -0.316 e. The smallest absolute Gasteiger partial charge is 0.0901 e. The Labute approximate surface area is 90.1 Å². The number of rotatable bonds is 4. The molecule has 1 heterocycles. The van der Waals surface area contributed by atoms with Crippen LogP contribution in [0.1, 0.15) is 24.5 Å². The van der Waals surface area contributed by atoms with Crippen molar-refractivity contribution in [3.8, 4) is 0 Å². The molecule has 1 aromatic rings. The van der Waals surface area contributed by atoms with Crippen molar-refractivity contribution >= 4 is 17.4 Å². The number of hydrogen-bond acceptors (Lipinski definition) is 3. The van der Waals surface area contributed by atoms with E-state index in [0.717, 1.165) is 17.2 Å². The first-order valence-corrected chi connectivity index (χ1v) is 5.78. The topological polar surface area (TPSA) is 24.9 Å². The minimum absolute atomic E-state index is 0.574. The summed E-state index contributed by atoms with van der Waals surface area (Å²) in [6.07, 6.45) is 2.19. The number of thiazole rings is 1. The summed E-state index contributed by atoms with van der Waals surface area (Å²) in [6.45, 7) is 7.40. The van der Waals surface area contributed by atoms with Crippen LogP contribution in [0.25, 0.3) is 6.08 Å². The molecule has 14 heavy (non-hydrogen) atoms. The fourth-order valence-electron chi connectivity index (χ4n) is 1.26. The van der Waals surface area contributed by atoms with Crippen LogP contribution in [0.3, 0.4) is 0 Å². The van der Waals surface area contributed by atoms with Crippen molar-refractivity contribution in [1.82, 2.24) is 10.3 Å². The first-order chi connectivity index (χ1) is 6.63. The van der Waals surface area contributed by atoms with E-state index in [1.807, 2.05) is 14.0 Å².